The average molecular weight is 175 g/mol. The van der Waals surface area contributed by atoms with Crippen LogP contribution in [0.25, 0.3) is 0 Å². The van der Waals surface area contributed by atoms with Crippen molar-refractivity contribution in [3.05, 3.63) is 23.3 Å². The molecular weight excluding hydrogens is 162 g/mol. The Bertz CT molecular complexity index is 327. The van der Waals surface area contributed by atoms with Gasteiger partial charge in [0.2, 0.25) is 0 Å². The summed E-state index contributed by atoms with van der Waals surface area (Å²) in [7, 11) is 0. The Labute approximate surface area is 77.7 Å². The van der Waals surface area contributed by atoms with Crippen LogP contribution in [0.4, 0.5) is 0 Å². The smallest absolute Gasteiger partial charge is 0.164 e. The summed E-state index contributed by atoms with van der Waals surface area (Å²) >= 11 is 0. The van der Waals surface area contributed by atoms with Crippen LogP contribution in [0.2, 0.25) is 0 Å². The quantitative estimate of drug-likeness (QED) is 0.599. The minimum absolute atomic E-state index is 0.347. The van der Waals surface area contributed by atoms with Gasteiger partial charge >= 0.3 is 0 Å². The molecule has 0 amide bonds. The second-order valence-electron chi connectivity index (χ2n) is 4.15. The van der Waals surface area contributed by atoms with E-state index in [2.05, 4.69) is 11.4 Å². The lowest BCUT2D eigenvalue weighted by Gasteiger charge is -2.44. The van der Waals surface area contributed by atoms with E-state index in [1.54, 1.807) is 0 Å². The van der Waals surface area contributed by atoms with Crippen LogP contribution in [-0.4, -0.2) is 18.4 Å². The van der Waals surface area contributed by atoms with Gasteiger partial charge in [0, 0.05) is 24.6 Å². The van der Waals surface area contributed by atoms with E-state index in [0.717, 1.165) is 24.5 Å². The molecule has 3 rings (SSSR count). The Morgan fingerprint density at radius 1 is 1.46 bits per heavy atom. The number of ketones is 1. The average Bonchev–Trinajstić information content (AvgIpc) is 2.07. The van der Waals surface area contributed by atoms with Gasteiger partial charge in [0.05, 0.1) is 0 Å². The summed E-state index contributed by atoms with van der Waals surface area (Å²) < 4.78 is 0. The summed E-state index contributed by atoms with van der Waals surface area (Å²) in [5.74, 6) is 1.09. The van der Waals surface area contributed by atoms with E-state index in [1.807, 2.05) is 6.08 Å². The Hall–Kier alpha value is -0.890. The molecule has 13 heavy (non-hydrogen) atoms. The van der Waals surface area contributed by atoms with Gasteiger partial charge in [-0.05, 0) is 24.3 Å². The van der Waals surface area contributed by atoms with E-state index >= 15 is 0 Å². The molecule has 1 saturated heterocycles. The van der Waals surface area contributed by atoms with Gasteiger partial charge < -0.3 is 5.32 Å². The topological polar surface area (TPSA) is 29.1 Å². The molecule has 2 heteroatoms. The highest BCUT2D eigenvalue weighted by atomic mass is 16.1. The monoisotopic (exact) mass is 175 g/mol. The number of nitrogens with one attached hydrogen (secondary N) is 1. The molecule has 0 spiro atoms. The fourth-order valence-electron chi connectivity index (χ4n) is 2.63. The van der Waals surface area contributed by atoms with Gasteiger partial charge in [0.1, 0.15) is 0 Å². The van der Waals surface area contributed by atoms with Gasteiger partial charge in [-0.15, -0.1) is 0 Å². The maximum absolute atomic E-state index is 11.7. The van der Waals surface area contributed by atoms with Gasteiger partial charge in [-0.1, -0.05) is 12.2 Å². The second kappa shape index (κ2) is 2.55. The lowest BCUT2D eigenvalue weighted by molar-refractivity contribution is -0.115. The SMILES string of the molecule is O=C1CC=CC2=C1C1NCC1CC2. The standard InChI is InChI=1S/C11H13NO/c13-9-3-1-2-7-4-5-8-6-12-11(8)10(7)9/h1-2,8,11-12H,3-6H2. The maximum Gasteiger partial charge on any atom is 0.164 e. The number of hydrogen-bond acceptors (Lipinski definition) is 2. The van der Waals surface area contributed by atoms with Crippen LogP contribution in [-0.2, 0) is 4.79 Å². The highest BCUT2D eigenvalue weighted by Gasteiger charge is 2.40. The fourth-order valence-corrected chi connectivity index (χ4v) is 2.63. The van der Waals surface area contributed by atoms with Crippen LogP contribution in [0.3, 0.4) is 0 Å². The van der Waals surface area contributed by atoms with Gasteiger partial charge in [0.25, 0.3) is 0 Å². The molecule has 1 heterocycles. The van der Waals surface area contributed by atoms with Crippen molar-refractivity contribution in [2.45, 2.75) is 25.3 Å². The fraction of sp³-hybridized carbons (Fsp3) is 0.545. The van der Waals surface area contributed by atoms with Crippen LogP contribution < -0.4 is 5.32 Å². The van der Waals surface area contributed by atoms with Gasteiger partial charge in [0.15, 0.2) is 5.78 Å². The van der Waals surface area contributed by atoms with E-state index < -0.39 is 0 Å². The van der Waals surface area contributed by atoms with Crippen LogP contribution in [0.1, 0.15) is 19.3 Å². The number of fused-ring (bicyclic) bond motifs is 2. The van der Waals surface area contributed by atoms with Crippen molar-refractivity contribution in [2.75, 3.05) is 6.54 Å². The summed E-state index contributed by atoms with van der Waals surface area (Å²) in [6.07, 6.45) is 7.13. The predicted molar refractivity (Wildman–Crippen MR) is 50.3 cm³/mol. The molecule has 0 radical (unpaired) electrons. The van der Waals surface area contributed by atoms with Crippen molar-refractivity contribution >= 4 is 5.78 Å². The van der Waals surface area contributed by atoms with Crippen molar-refractivity contribution in [1.29, 1.82) is 0 Å². The van der Waals surface area contributed by atoms with Crippen LogP contribution >= 0.6 is 0 Å². The molecule has 0 aromatic rings. The molecule has 68 valence electrons. The van der Waals surface area contributed by atoms with Crippen molar-refractivity contribution in [2.24, 2.45) is 5.92 Å². The summed E-state index contributed by atoms with van der Waals surface area (Å²) in [4.78, 5) is 11.7. The maximum atomic E-state index is 11.7. The zero-order valence-electron chi connectivity index (χ0n) is 7.55. The van der Waals surface area contributed by atoms with Crippen LogP contribution in [0.15, 0.2) is 23.3 Å². The van der Waals surface area contributed by atoms with E-state index in [4.69, 9.17) is 0 Å². The lowest BCUT2D eigenvalue weighted by atomic mass is 9.72. The minimum Gasteiger partial charge on any atom is -0.309 e. The van der Waals surface area contributed by atoms with E-state index in [0.29, 0.717) is 18.2 Å². The molecule has 2 aliphatic carbocycles. The molecule has 0 aromatic heterocycles. The Kier molecular flexibility index (Phi) is 1.47. The first-order valence-corrected chi connectivity index (χ1v) is 5.02. The van der Waals surface area contributed by atoms with Gasteiger partial charge in [-0.3, -0.25) is 4.79 Å². The lowest BCUT2D eigenvalue weighted by Crippen LogP contribution is -2.57. The molecule has 1 N–H and O–H groups in total. The number of carbonyl (C=O) groups excluding carboxylic acids is 1. The molecule has 2 unspecified atom stereocenters. The number of rotatable bonds is 0. The minimum atomic E-state index is 0.347. The van der Waals surface area contributed by atoms with Gasteiger partial charge in [-0.2, -0.15) is 0 Å². The third kappa shape index (κ3) is 0.953. The summed E-state index contributed by atoms with van der Waals surface area (Å²) in [5, 5.41) is 3.36. The third-order valence-electron chi connectivity index (χ3n) is 3.44. The molecule has 0 saturated carbocycles. The Balaban J connectivity index is 2.04. The third-order valence-corrected chi connectivity index (χ3v) is 3.44. The first-order chi connectivity index (χ1) is 6.36. The molecule has 0 bridgehead atoms. The molecule has 0 aromatic carbocycles. The molecule has 2 atom stereocenters. The first kappa shape index (κ1) is 7.51. The zero-order valence-corrected chi connectivity index (χ0v) is 7.55. The number of allylic oxidation sites excluding steroid dienone is 3. The van der Waals surface area contributed by atoms with E-state index in [1.165, 1.54) is 12.0 Å². The zero-order chi connectivity index (χ0) is 8.84. The molecule has 2 nitrogen and oxygen atoms in total. The summed E-state index contributed by atoms with van der Waals surface area (Å²) in [6, 6.07) is 0.404. The highest BCUT2D eigenvalue weighted by Crippen LogP contribution is 2.37. The molecule has 1 aliphatic heterocycles. The highest BCUT2D eigenvalue weighted by molar-refractivity contribution is 6.00. The Morgan fingerprint density at radius 3 is 3.15 bits per heavy atom. The van der Waals surface area contributed by atoms with Crippen molar-refractivity contribution < 1.29 is 4.79 Å². The molecular formula is C11H13NO. The van der Waals surface area contributed by atoms with E-state index in [-0.39, 0.29) is 0 Å². The van der Waals surface area contributed by atoms with Crippen molar-refractivity contribution in [1.82, 2.24) is 5.32 Å². The van der Waals surface area contributed by atoms with Crippen LogP contribution in [0.5, 0.6) is 0 Å². The van der Waals surface area contributed by atoms with E-state index in [9.17, 15) is 4.79 Å². The second-order valence-corrected chi connectivity index (χ2v) is 4.15. The normalized spacial score (nSPS) is 36.8. The number of hydrogen-bond donors (Lipinski definition) is 1. The van der Waals surface area contributed by atoms with Crippen molar-refractivity contribution in [3.63, 3.8) is 0 Å². The first-order valence-electron chi connectivity index (χ1n) is 5.02. The Morgan fingerprint density at radius 2 is 2.38 bits per heavy atom. The number of Topliss-reactive ketones (excluding diaryl/α,β-unsaturated/α-hetero) is 1. The van der Waals surface area contributed by atoms with Crippen molar-refractivity contribution in [3.8, 4) is 0 Å². The largest absolute Gasteiger partial charge is 0.309 e. The van der Waals surface area contributed by atoms with Crippen LogP contribution in [0, 0.1) is 5.92 Å². The molecule has 3 aliphatic rings. The predicted octanol–water partition coefficient (Wildman–Crippen LogP) is 1.19. The molecule has 1 fully saturated rings. The summed E-state index contributed by atoms with van der Waals surface area (Å²) in [5.41, 5.74) is 2.40. The number of carbonyl (C=O) groups is 1. The van der Waals surface area contributed by atoms with Gasteiger partial charge in [-0.25, -0.2) is 0 Å². The summed E-state index contributed by atoms with van der Waals surface area (Å²) in [6.45, 7) is 1.11.